The lowest BCUT2D eigenvalue weighted by Gasteiger charge is -2.23. The molecular weight excluding hydrogens is 308 g/mol. The summed E-state index contributed by atoms with van der Waals surface area (Å²) < 4.78 is 2.00. The molecule has 2 aromatic heterocycles. The van der Waals surface area contributed by atoms with Gasteiger partial charge in [-0.15, -0.1) is 11.3 Å². The fourth-order valence-electron chi connectivity index (χ4n) is 2.84. The molecule has 1 unspecified atom stereocenters. The van der Waals surface area contributed by atoms with Crippen LogP contribution in [0.2, 0.25) is 0 Å². The molecule has 23 heavy (non-hydrogen) atoms. The number of carbonyl (C=O) groups is 1. The highest BCUT2D eigenvalue weighted by Gasteiger charge is 2.22. The van der Waals surface area contributed by atoms with Crippen molar-refractivity contribution in [1.29, 1.82) is 0 Å². The van der Waals surface area contributed by atoms with E-state index in [0.717, 1.165) is 30.0 Å². The summed E-state index contributed by atoms with van der Waals surface area (Å²) >= 11 is 1.50. The third kappa shape index (κ3) is 2.90. The number of aryl methyl sites for hydroxylation is 1. The summed E-state index contributed by atoms with van der Waals surface area (Å²) in [5, 5.41) is 10.1. The largest absolute Gasteiger partial charge is 0.347 e. The van der Waals surface area contributed by atoms with Gasteiger partial charge in [-0.3, -0.25) is 9.48 Å². The van der Waals surface area contributed by atoms with Crippen molar-refractivity contribution in [3.63, 3.8) is 0 Å². The number of hydrogen-bond donors (Lipinski definition) is 1. The summed E-state index contributed by atoms with van der Waals surface area (Å²) in [6, 6.07) is 12.1. The van der Waals surface area contributed by atoms with Crippen LogP contribution >= 0.6 is 11.3 Å². The summed E-state index contributed by atoms with van der Waals surface area (Å²) in [5.41, 5.74) is 2.70. The number of fused-ring (bicyclic) bond motifs is 1. The van der Waals surface area contributed by atoms with Crippen molar-refractivity contribution in [2.75, 3.05) is 0 Å². The van der Waals surface area contributed by atoms with Crippen LogP contribution in [-0.4, -0.2) is 26.7 Å². The third-order valence-electron chi connectivity index (χ3n) is 4.04. The van der Waals surface area contributed by atoms with E-state index < -0.39 is 0 Å². The molecule has 0 saturated heterocycles. The average molecular weight is 324 g/mol. The van der Waals surface area contributed by atoms with Gasteiger partial charge in [0, 0.05) is 41.8 Å². The second-order valence-corrected chi connectivity index (χ2v) is 6.47. The summed E-state index contributed by atoms with van der Waals surface area (Å²) in [6.45, 7) is 0.847. The van der Waals surface area contributed by atoms with Gasteiger partial charge in [-0.05, 0) is 12.5 Å². The number of hydrogen-bond acceptors (Lipinski definition) is 4. The lowest BCUT2D eigenvalue weighted by atomic mass is 10.0. The number of nitrogens with zero attached hydrogens (tertiary/aromatic N) is 3. The maximum atomic E-state index is 12.4. The molecule has 0 saturated carbocycles. The number of benzene rings is 1. The van der Waals surface area contributed by atoms with Crippen molar-refractivity contribution >= 4 is 17.2 Å². The van der Waals surface area contributed by atoms with E-state index in [1.807, 2.05) is 52.7 Å². The molecule has 1 atom stereocenters. The van der Waals surface area contributed by atoms with Crippen LogP contribution in [0.5, 0.6) is 0 Å². The molecule has 0 radical (unpaired) electrons. The van der Waals surface area contributed by atoms with Crippen LogP contribution in [0.4, 0.5) is 0 Å². The van der Waals surface area contributed by atoms with E-state index >= 15 is 0 Å². The van der Waals surface area contributed by atoms with Crippen molar-refractivity contribution in [2.45, 2.75) is 25.4 Å². The van der Waals surface area contributed by atoms with Gasteiger partial charge in [0.05, 0.1) is 0 Å². The number of aromatic nitrogens is 3. The molecule has 0 aliphatic carbocycles. The van der Waals surface area contributed by atoms with E-state index in [0.29, 0.717) is 5.69 Å². The topological polar surface area (TPSA) is 59.8 Å². The van der Waals surface area contributed by atoms with Crippen LogP contribution in [0.15, 0.2) is 48.0 Å². The third-order valence-corrected chi connectivity index (χ3v) is 4.93. The Morgan fingerprint density at radius 3 is 3.00 bits per heavy atom. The Bertz CT molecular complexity index is 824. The number of nitrogens with one attached hydrogen (secondary N) is 1. The Hall–Kier alpha value is -2.47. The Balaban J connectivity index is 1.45. The van der Waals surface area contributed by atoms with Crippen LogP contribution in [-0.2, 0) is 13.0 Å². The Labute approximate surface area is 138 Å². The van der Waals surface area contributed by atoms with Crippen molar-refractivity contribution in [3.05, 3.63) is 59.4 Å². The lowest BCUT2D eigenvalue weighted by Crippen LogP contribution is -2.40. The molecule has 4 rings (SSSR count). The van der Waals surface area contributed by atoms with Crippen molar-refractivity contribution in [1.82, 2.24) is 20.1 Å². The number of carbonyl (C=O) groups excluding carboxylic acids is 1. The van der Waals surface area contributed by atoms with Crippen LogP contribution in [0, 0.1) is 0 Å². The van der Waals surface area contributed by atoms with E-state index in [-0.39, 0.29) is 11.9 Å². The first-order valence-corrected chi connectivity index (χ1v) is 8.50. The summed E-state index contributed by atoms with van der Waals surface area (Å²) in [5.74, 6) is -0.0959. The van der Waals surface area contributed by atoms with Crippen LogP contribution < -0.4 is 5.32 Å². The molecule has 1 amide bonds. The number of thiazole rings is 1. The predicted molar refractivity (Wildman–Crippen MR) is 89.4 cm³/mol. The minimum Gasteiger partial charge on any atom is -0.347 e. The van der Waals surface area contributed by atoms with Gasteiger partial charge in [0.15, 0.2) is 0 Å². The summed E-state index contributed by atoms with van der Waals surface area (Å²) in [6.07, 6.45) is 3.53. The van der Waals surface area contributed by atoms with Gasteiger partial charge in [-0.1, -0.05) is 30.3 Å². The molecule has 1 aliphatic heterocycles. The van der Waals surface area contributed by atoms with Crippen LogP contribution in [0.3, 0.4) is 0 Å². The second-order valence-electron chi connectivity index (χ2n) is 5.61. The Morgan fingerprint density at radius 2 is 2.13 bits per heavy atom. The first-order valence-electron chi connectivity index (χ1n) is 7.62. The first kappa shape index (κ1) is 14.1. The molecule has 3 heterocycles. The van der Waals surface area contributed by atoms with Crippen LogP contribution in [0.25, 0.3) is 10.6 Å². The second kappa shape index (κ2) is 5.96. The zero-order valence-corrected chi connectivity index (χ0v) is 13.3. The molecule has 6 heteroatoms. The van der Waals surface area contributed by atoms with Gasteiger partial charge in [-0.2, -0.15) is 5.10 Å². The van der Waals surface area contributed by atoms with Crippen molar-refractivity contribution < 1.29 is 4.79 Å². The fourth-order valence-corrected chi connectivity index (χ4v) is 3.65. The van der Waals surface area contributed by atoms with Gasteiger partial charge in [0.2, 0.25) is 0 Å². The molecule has 0 bridgehead atoms. The van der Waals surface area contributed by atoms with Gasteiger partial charge >= 0.3 is 0 Å². The number of amides is 1. The SMILES string of the molecule is O=C(NC1CCn2nccc2C1)c1csc(-c2ccccc2)n1. The monoisotopic (exact) mass is 324 g/mol. The van der Waals surface area contributed by atoms with Gasteiger partial charge < -0.3 is 5.32 Å². The quantitative estimate of drug-likeness (QED) is 0.806. The average Bonchev–Trinajstić information content (AvgIpc) is 3.24. The minimum atomic E-state index is -0.0959. The van der Waals surface area contributed by atoms with Gasteiger partial charge in [0.1, 0.15) is 10.7 Å². The van der Waals surface area contributed by atoms with E-state index in [1.54, 1.807) is 0 Å². The predicted octanol–water partition coefficient (Wildman–Crippen LogP) is 2.75. The Kier molecular flexibility index (Phi) is 3.67. The highest BCUT2D eigenvalue weighted by Crippen LogP contribution is 2.23. The lowest BCUT2D eigenvalue weighted by molar-refractivity contribution is 0.0926. The van der Waals surface area contributed by atoms with Crippen molar-refractivity contribution in [2.24, 2.45) is 0 Å². The maximum absolute atomic E-state index is 12.4. The molecule has 3 aromatic rings. The molecule has 116 valence electrons. The van der Waals surface area contributed by atoms with Gasteiger partial charge in [0.25, 0.3) is 5.91 Å². The van der Waals surface area contributed by atoms with E-state index in [1.165, 1.54) is 17.0 Å². The highest BCUT2D eigenvalue weighted by molar-refractivity contribution is 7.13. The standard InChI is InChI=1S/C17H16N4OS/c22-16(19-13-7-9-21-14(10-13)6-8-18-21)15-11-23-17(20-15)12-4-2-1-3-5-12/h1-6,8,11,13H,7,9-10H2,(H,19,22). The zero-order valence-electron chi connectivity index (χ0n) is 12.5. The molecule has 1 aliphatic rings. The first-order chi connectivity index (χ1) is 11.3. The zero-order chi connectivity index (χ0) is 15.6. The molecule has 0 fully saturated rings. The van der Waals surface area contributed by atoms with Crippen molar-refractivity contribution in [3.8, 4) is 10.6 Å². The molecule has 1 N–H and O–H groups in total. The van der Waals surface area contributed by atoms with Gasteiger partial charge in [-0.25, -0.2) is 4.98 Å². The molecule has 1 aromatic carbocycles. The van der Waals surface area contributed by atoms with E-state index in [9.17, 15) is 4.79 Å². The fraction of sp³-hybridized carbons (Fsp3) is 0.235. The van der Waals surface area contributed by atoms with E-state index in [2.05, 4.69) is 15.4 Å². The molecule has 0 spiro atoms. The molecule has 5 nitrogen and oxygen atoms in total. The molecular formula is C17H16N4OS. The number of rotatable bonds is 3. The summed E-state index contributed by atoms with van der Waals surface area (Å²) in [4.78, 5) is 16.9. The van der Waals surface area contributed by atoms with Crippen LogP contribution in [0.1, 0.15) is 22.6 Å². The highest BCUT2D eigenvalue weighted by atomic mass is 32.1. The minimum absolute atomic E-state index is 0.0959. The van der Waals surface area contributed by atoms with E-state index in [4.69, 9.17) is 0 Å². The summed E-state index contributed by atoms with van der Waals surface area (Å²) in [7, 11) is 0. The Morgan fingerprint density at radius 1 is 1.26 bits per heavy atom. The smallest absolute Gasteiger partial charge is 0.271 e. The normalized spacial score (nSPS) is 16.8. The maximum Gasteiger partial charge on any atom is 0.271 e.